The molecule has 0 fully saturated rings. The van der Waals surface area contributed by atoms with Gasteiger partial charge in [0.2, 0.25) is 5.41 Å². The SMILES string of the molecule is O=C(O)C(C(=O)Oc1c(Cl)cc(Cl)cc1Cl)(c1cccc(F)c1)c1c(Cl)cc(Cl)cc1Cl. The fourth-order valence-electron chi connectivity index (χ4n) is 3.10. The predicted molar refractivity (Wildman–Crippen MR) is 123 cm³/mol. The van der Waals surface area contributed by atoms with Crippen molar-refractivity contribution in [3.8, 4) is 5.75 Å². The van der Waals surface area contributed by atoms with Crippen molar-refractivity contribution in [1.29, 1.82) is 0 Å². The molecule has 11 heteroatoms. The van der Waals surface area contributed by atoms with E-state index >= 15 is 0 Å². The van der Waals surface area contributed by atoms with Crippen LogP contribution in [0.5, 0.6) is 5.75 Å². The van der Waals surface area contributed by atoms with Gasteiger partial charge in [-0.05, 0) is 42.0 Å². The summed E-state index contributed by atoms with van der Waals surface area (Å²) in [6, 6.07) is 9.21. The van der Waals surface area contributed by atoms with E-state index in [-0.39, 0.29) is 47.0 Å². The van der Waals surface area contributed by atoms with Crippen LogP contribution in [0.25, 0.3) is 0 Å². The van der Waals surface area contributed by atoms with Crippen LogP contribution in [0.4, 0.5) is 4.39 Å². The Balaban J connectivity index is 2.35. The van der Waals surface area contributed by atoms with Gasteiger partial charge in [0.1, 0.15) is 5.82 Å². The molecule has 0 aliphatic carbocycles. The maximum atomic E-state index is 14.1. The minimum absolute atomic E-state index is 0.0828. The molecule has 0 radical (unpaired) electrons. The Morgan fingerprint density at radius 2 is 1.31 bits per heavy atom. The molecule has 0 saturated heterocycles. The zero-order valence-corrected chi connectivity index (χ0v) is 20.0. The van der Waals surface area contributed by atoms with Crippen LogP contribution < -0.4 is 4.74 Å². The van der Waals surface area contributed by atoms with E-state index in [0.717, 1.165) is 12.1 Å². The third-order valence-corrected chi connectivity index (χ3v) is 6.02. The Morgan fingerprint density at radius 1 is 0.812 bits per heavy atom. The van der Waals surface area contributed by atoms with Crippen molar-refractivity contribution in [3.05, 3.63) is 95.6 Å². The van der Waals surface area contributed by atoms with Gasteiger partial charge in [0.15, 0.2) is 5.75 Å². The van der Waals surface area contributed by atoms with Crippen LogP contribution in [0.15, 0.2) is 48.5 Å². The summed E-state index contributed by atoms with van der Waals surface area (Å²) in [6.45, 7) is 0. The topological polar surface area (TPSA) is 63.6 Å². The lowest BCUT2D eigenvalue weighted by Gasteiger charge is -2.30. The molecule has 0 aliphatic rings. The first-order chi connectivity index (χ1) is 15.0. The van der Waals surface area contributed by atoms with Gasteiger partial charge in [-0.1, -0.05) is 81.7 Å². The number of carbonyl (C=O) groups excluding carboxylic acids is 1. The van der Waals surface area contributed by atoms with Crippen LogP contribution in [-0.4, -0.2) is 17.0 Å². The third-order valence-electron chi connectivity index (χ3n) is 4.42. The Kier molecular flexibility index (Phi) is 7.50. The first-order valence-electron chi connectivity index (χ1n) is 8.49. The van der Waals surface area contributed by atoms with E-state index in [1.54, 1.807) is 0 Å². The van der Waals surface area contributed by atoms with E-state index in [0.29, 0.717) is 0 Å². The number of esters is 1. The molecule has 0 aromatic heterocycles. The number of halogens is 7. The average molecular weight is 557 g/mol. The number of aliphatic carboxylic acids is 1. The quantitative estimate of drug-likeness (QED) is 0.198. The summed E-state index contributed by atoms with van der Waals surface area (Å²) in [5.41, 5.74) is -3.41. The number of carboxylic acids is 1. The first-order valence-corrected chi connectivity index (χ1v) is 10.8. The van der Waals surface area contributed by atoms with Crippen molar-refractivity contribution in [2.45, 2.75) is 5.41 Å². The van der Waals surface area contributed by atoms with Crippen molar-refractivity contribution < 1.29 is 23.8 Å². The molecule has 1 atom stereocenters. The zero-order valence-electron chi connectivity index (χ0n) is 15.4. The lowest BCUT2D eigenvalue weighted by atomic mass is 9.74. The summed E-state index contributed by atoms with van der Waals surface area (Å²) in [5.74, 6) is -4.33. The van der Waals surface area contributed by atoms with Gasteiger partial charge in [0.05, 0.1) is 10.0 Å². The maximum absolute atomic E-state index is 14.1. The summed E-state index contributed by atoms with van der Waals surface area (Å²) in [7, 11) is 0. The molecule has 0 bridgehead atoms. The molecule has 4 nitrogen and oxygen atoms in total. The van der Waals surface area contributed by atoms with Crippen LogP contribution >= 0.6 is 69.6 Å². The van der Waals surface area contributed by atoms with Crippen LogP contribution in [-0.2, 0) is 15.0 Å². The first kappa shape index (κ1) is 24.9. The van der Waals surface area contributed by atoms with Gasteiger partial charge in [-0.15, -0.1) is 0 Å². The Morgan fingerprint density at radius 3 is 1.78 bits per heavy atom. The third kappa shape index (κ3) is 4.51. The van der Waals surface area contributed by atoms with Crippen LogP contribution in [0.2, 0.25) is 30.1 Å². The van der Waals surface area contributed by atoms with Gasteiger partial charge >= 0.3 is 11.9 Å². The lowest BCUT2D eigenvalue weighted by molar-refractivity contribution is -0.153. The molecule has 1 N–H and O–H groups in total. The highest BCUT2D eigenvalue weighted by atomic mass is 35.5. The second-order valence-corrected chi connectivity index (χ2v) is 8.90. The maximum Gasteiger partial charge on any atom is 0.338 e. The molecule has 3 aromatic carbocycles. The Hall–Kier alpha value is -1.73. The van der Waals surface area contributed by atoms with Gasteiger partial charge < -0.3 is 9.84 Å². The number of hydrogen-bond acceptors (Lipinski definition) is 3. The average Bonchev–Trinajstić information content (AvgIpc) is 2.66. The molecule has 3 aromatic rings. The Bertz CT molecular complexity index is 1200. The van der Waals surface area contributed by atoms with E-state index < -0.39 is 23.2 Å². The summed E-state index contributed by atoms with van der Waals surface area (Å²) in [5, 5.41) is 9.69. The van der Waals surface area contributed by atoms with E-state index in [2.05, 4.69) is 0 Å². The molecule has 1 unspecified atom stereocenters. The van der Waals surface area contributed by atoms with E-state index in [1.807, 2.05) is 0 Å². The molecule has 0 spiro atoms. The van der Waals surface area contributed by atoms with Crippen LogP contribution in [0, 0.1) is 5.82 Å². The predicted octanol–water partition coefficient (Wildman–Crippen LogP) is 7.72. The Labute approximate surface area is 211 Å². The van der Waals surface area contributed by atoms with Gasteiger partial charge in [-0.25, -0.2) is 9.18 Å². The second-order valence-electron chi connectivity index (χ2n) is 6.40. The molecule has 0 aliphatic heterocycles. The number of carbonyl (C=O) groups is 2. The van der Waals surface area contributed by atoms with Crippen molar-refractivity contribution in [1.82, 2.24) is 0 Å². The minimum Gasteiger partial charge on any atom is -0.480 e. The van der Waals surface area contributed by atoms with Gasteiger partial charge in [-0.3, -0.25) is 4.79 Å². The number of benzene rings is 3. The molecule has 0 saturated carbocycles. The number of carboxylic acid groups (broad SMARTS) is 1. The van der Waals surface area contributed by atoms with Crippen molar-refractivity contribution >= 4 is 81.5 Å². The highest BCUT2D eigenvalue weighted by molar-refractivity contribution is 6.41. The van der Waals surface area contributed by atoms with Crippen LogP contribution in [0.3, 0.4) is 0 Å². The largest absolute Gasteiger partial charge is 0.480 e. The minimum atomic E-state index is -2.72. The van der Waals surface area contributed by atoms with Crippen molar-refractivity contribution in [2.75, 3.05) is 0 Å². The normalized spacial score (nSPS) is 12.8. The zero-order chi connectivity index (χ0) is 23.8. The summed E-state index contributed by atoms with van der Waals surface area (Å²) < 4.78 is 19.4. The summed E-state index contributed by atoms with van der Waals surface area (Å²) in [6.07, 6.45) is 0. The van der Waals surface area contributed by atoms with E-state index in [1.165, 1.54) is 36.4 Å². The summed E-state index contributed by atoms with van der Waals surface area (Å²) in [4.78, 5) is 26.3. The molecule has 166 valence electrons. The van der Waals surface area contributed by atoms with E-state index in [4.69, 9.17) is 74.3 Å². The molecular formula is C21H9Cl6FO4. The molecule has 3 rings (SSSR count). The number of rotatable bonds is 5. The summed E-state index contributed by atoms with van der Waals surface area (Å²) >= 11 is 36.6. The van der Waals surface area contributed by atoms with Gasteiger partial charge in [0.25, 0.3) is 0 Å². The highest BCUT2D eigenvalue weighted by Gasteiger charge is 2.54. The van der Waals surface area contributed by atoms with Crippen LogP contribution in [0.1, 0.15) is 11.1 Å². The fourth-order valence-corrected chi connectivity index (χ4v) is 5.09. The second kappa shape index (κ2) is 9.64. The number of ether oxygens (including phenoxy) is 1. The molecule has 32 heavy (non-hydrogen) atoms. The number of hydrogen-bond donors (Lipinski definition) is 1. The molecule has 0 amide bonds. The standard InChI is InChI=1S/C21H9Cl6FO4/c22-10-5-13(24)17(14(25)6-10)21(19(29)30,9-2-1-3-12(28)4-9)20(31)32-18-15(26)7-11(23)8-16(18)27/h1-8H,(H,29,30). The van der Waals surface area contributed by atoms with Gasteiger partial charge in [0, 0.05) is 25.7 Å². The van der Waals surface area contributed by atoms with E-state index in [9.17, 15) is 19.1 Å². The molecular weight excluding hydrogens is 548 g/mol. The van der Waals surface area contributed by atoms with Gasteiger partial charge in [-0.2, -0.15) is 0 Å². The van der Waals surface area contributed by atoms with Crippen molar-refractivity contribution in [2.24, 2.45) is 0 Å². The van der Waals surface area contributed by atoms with Crippen molar-refractivity contribution in [3.63, 3.8) is 0 Å². The smallest absolute Gasteiger partial charge is 0.338 e. The lowest BCUT2D eigenvalue weighted by Crippen LogP contribution is -2.48. The monoisotopic (exact) mass is 554 g/mol. The molecule has 0 heterocycles. The highest BCUT2D eigenvalue weighted by Crippen LogP contribution is 2.45. The fraction of sp³-hybridized carbons (Fsp3) is 0.0476.